The van der Waals surface area contributed by atoms with Crippen LogP contribution in [0.25, 0.3) is 0 Å². The first-order valence-electron chi connectivity index (χ1n) is 9.95. The van der Waals surface area contributed by atoms with Crippen LogP contribution in [0.4, 0.5) is 27.8 Å². The van der Waals surface area contributed by atoms with Gasteiger partial charge in [-0.15, -0.1) is 0 Å². The lowest BCUT2D eigenvalue weighted by atomic mass is 10.1. The molecule has 31 heavy (non-hydrogen) atoms. The number of alkyl halides is 5. The minimum Gasteiger partial charge on any atom is -0.356 e. The van der Waals surface area contributed by atoms with Crippen LogP contribution in [-0.4, -0.2) is 46.2 Å². The van der Waals surface area contributed by atoms with Crippen molar-refractivity contribution in [1.82, 2.24) is 14.9 Å². The summed E-state index contributed by atoms with van der Waals surface area (Å²) in [6.45, 7) is -0.581. The zero-order chi connectivity index (χ0) is 22.9. The van der Waals surface area contributed by atoms with Crippen molar-refractivity contribution in [2.75, 3.05) is 18.0 Å². The summed E-state index contributed by atoms with van der Waals surface area (Å²) in [7, 11) is 0. The second-order valence-electron chi connectivity index (χ2n) is 8.01. The Morgan fingerprint density at radius 2 is 1.87 bits per heavy atom. The number of halogens is 5. The molecule has 170 valence electrons. The van der Waals surface area contributed by atoms with E-state index in [1.807, 2.05) is 6.07 Å². The fraction of sp³-hybridized carbons (Fsp3) is 0.684. The fourth-order valence-corrected chi connectivity index (χ4v) is 3.41. The van der Waals surface area contributed by atoms with Crippen molar-refractivity contribution < 1.29 is 26.7 Å². The van der Waals surface area contributed by atoms with Crippen molar-refractivity contribution in [2.24, 2.45) is 0 Å². The predicted octanol–water partition coefficient (Wildman–Crippen LogP) is 2.54. The van der Waals surface area contributed by atoms with E-state index in [9.17, 15) is 31.5 Å². The highest BCUT2D eigenvalue weighted by Crippen LogP contribution is 2.34. The van der Waals surface area contributed by atoms with Gasteiger partial charge in [0.05, 0.1) is 6.07 Å². The molecule has 1 aliphatic carbocycles. The number of nitrogens with zero attached hydrogens (tertiary/aromatic N) is 4. The third-order valence-corrected chi connectivity index (χ3v) is 5.40. The van der Waals surface area contributed by atoms with Crippen molar-refractivity contribution in [3.8, 4) is 6.07 Å². The Balaban J connectivity index is 1.81. The summed E-state index contributed by atoms with van der Waals surface area (Å²) in [6.07, 6.45) is -5.90. The Kier molecular flexibility index (Phi) is 6.25. The van der Waals surface area contributed by atoms with E-state index in [4.69, 9.17) is 5.26 Å². The van der Waals surface area contributed by atoms with Crippen LogP contribution in [0.2, 0.25) is 0 Å². The predicted molar refractivity (Wildman–Crippen MR) is 99.6 cm³/mol. The average Bonchev–Trinajstić information content (AvgIpc) is 3.43. The standard InChI is InChI=1S/C19H22F5N5O2/c20-18(21)6-8-28(9-7-18)14-10-16(31)29(11-15(30)27-17(12-25)4-5-17)13(26-14)2-1-3-19(22,23)24/h10H,1-9,11H2,(H,27,30). The number of aryl methyl sites for hydroxylation is 1. The van der Waals surface area contributed by atoms with Gasteiger partial charge in [0.15, 0.2) is 0 Å². The number of carbonyl (C=O) groups excluding carboxylic acids is 1. The fourth-order valence-electron chi connectivity index (χ4n) is 3.41. The molecular weight excluding hydrogens is 425 g/mol. The summed E-state index contributed by atoms with van der Waals surface area (Å²) in [5.74, 6) is -3.35. The molecule has 12 heteroatoms. The highest BCUT2D eigenvalue weighted by Gasteiger charge is 2.44. The summed E-state index contributed by atoms with van der Waals surface area (Å²) < 4.78 is 65.5. The van der Waals surface area contributed by atoms with Crippen LogP contribution >= 0.6 is 0 Å². The molecule has 7 nitrogen and oxygen atoms in total. The number of hydrogen-bond acceptors (Lipinski definition) is 5. The molecule has 1 aromatic rings. The van der Waals surface area contributed by atoms with Crippen molar-refractivity contribution in [3.63, 3.8) is 0 Å². The van der Waals surface area contributed by atoms with Gasteiger partial charge in [-0.25, -0.2) is 13.8 Å². The summed E-state index contributed by atoms with van der Waals surface area (Å²) in [5, 5.41) is 11.6. The normalized spacial score (nSPS) is 19.5. The Labute approximate surface area is 174 Å². The van der Waals surface area contributed by atoms with Crippen molar-refractivity contribution in [1.29, 1.82) is 5.26 Å². The number of nitriles is 1. The number of rotatable bonds is 7. The Morgan fingerprint density at radius 3 is 2.42 bits per heavy atom. The monoisotopic (exact) mass is 447 g/mol. The first-order chi connectivity index (χ1) is 14.4. The van der Waals surface area contributed by atoms with Gasteiger partial charge in [0.2, 0.25) is 5.91 Å². The Hall–Kier alpha value is -2.71. The van der Waals surface area contributed by atoms with Gasteiger partial charge in [0.1, 0.15) is 23.7 Å². The number of piperidine rings is 1. The van der Waals surface area contributed by atoms with Crippen LogP contribution in [0.3, 0.4) is 0 Å². The zero-order valence-corrected chi connectivity index (χ0v) is 16.6. The second kappa shape index (κ2) is 8.43. The van der Waals surface area contributed by atoms with Gasteiger partial charge in [0.25, 0.3) is 11.5 Å². The van der Waals surface area contributed by atoms with Crippen LogP contribution in [0.1, 0.15) is 44.3 Å². The molecule has 0 atom stereocenters. The van der Waals surface area contributed by atoms with Gasteiger partial charge in [0, 0.05) is 44.8 Å². The third kappa shape index (κ3) is 6.15. The van der Waals surface area contributed by atoms with Gasteiger partial charge >= 0.3 is 6.18 Å². The largest absolute Gasteiger partial charge is 0.389 e. The number of anilines is 1. The Bertz CT molecular complexity index is 923. The van der Waals surface area contributed by atoms with Gasteiger partial charge < -0.3 is 10.2 Å². The summed E-state index contributed by atoms with van der Waals surface area (Å²) >= 11 is 0. The number of nitrogens with one attached hydrogen (secondary N) is 1. The molecule has 1 N–H and O–H groups in total. The van der Waals surface area contributed by atoms with Crippen LogP contribution in [0.15, 0.2) is 10.9 Å². The van der Waals surface area contributed by atoms with Crippen molar-refractivity contribution >= 4 is 11.7 Å². The maximum atomic E-state index is 13.4. The van der Waals surface area contributed by atoms with Crippen LogP contribution < -0.4 is 15.8 Å². The minimum atomic E-state index is -4.39. The number of hydrogen-bond donors (Lipinski definition) is 1. The summed E-state index contributed by atoms with van der Waals surface area (Å²) in [6, 6.07) is 3.08. The maximum absolute atomic E-state index is 13.4. The molecule has 1 saturated heterocycles. The highest BCUT2D eigenvalue weighted by molar-refractivity contribution is 5.77. The van der Waals surface area contributed by atoms with E-state index < -0.39 is 54.9 Å². The number of amides is 1. The number of carbonyl (C=O) groups is 1. The average molecular weight is 447 g/mol. The summed E-state index contributed by atoms with van der Waals surface area (Å²) in [4.78, 5) is 30.7. The van der Waals surface area contributed by atoms with E-state index in [0.29, 0.717) is 12.8 Å². The smallest absolute Gasteiger partial charge is 0.356 e. The molecule has 0 bridgehead atoms. The highest BCUT2D eigenvalue weighted by atomic mass is 19.4. The van der Waals surface area contributed by atoms with Gasteiger partial charge in [-0.2, -0.15) is 18.4 Å². The topological polar surface area (TPSA) is 91.0 Å². The quantitative estimate of drug-likeness (QED) is 0.649. The van der Waals surface area contributed by atoms with E-state index in [-0.39, 0.29) is 37.6 Å². The van der Waals surface area contributed by atoms with Crippen LogP contribution in [0, 0.1) is 11.3 Å². The molecule has 1 amide bonds. The SMILES string of the molecule is N#CC1(NC(=O)Cn2c(CCCC(F)(F)F)nc(N3CCC(F)(F)CC3)cc2=O)CC1. The van der Waals surface area contributed by atoms with Crippen LogP contribution in [0.5, 0.6) is 0 Å². The van der Waals surface area contributed by atoms with E-state index in [2.05, 4.69) is 10.3 Å². The van der Waals surface area contributed by atoms with E-state index >= 15 is 0 Å². The lowest BCUT2D eigenvalue weighted by molar-refractivity contribution is -0.135. The lowest BCUT2D eigenvalue weighted by Gasteiger charge is -2.32. The first kappa shape index (κ1) is 23.0. The molecule has 0 unspecified atom stereocenters. The molecule has 0 radical (unpaired) electrons. The molecule has 2 aliphatic rings. The summed E-state index contributed by atoms with van der Waals surface area (Å²) in [5.41, 5.74) is -1.62. The van der Waals surface area contributed by atoms with Crippen LogP contribution in [-0.2, 0) is 17.8 Å². The molecule has 1 aliphatic heterocycles. The van der Waals surface area contributed by atoms with E-state index in [1.54, 1.807) is 0 Å². The minimum absolute atomic E-state index is 0.0268. The third-order valence-electron chi connectivity index (χ3n) is 5.40. The van der Waals surface area contributed by atoms with Crippen molar-refractivity contribution in [2.45, 2.75) is 69.1 Å². The molecule has 3 rings (SSSR count). The molecule has 0 aromatic carbocycles. The molecule has 2 heterocycles. The van der Waals surface area contributed by atoms with Gasteiger partial charge in [-0.3, -0.25) is 14.2 Å². The first-order valence-corrected chi connectivity index (χ1v) is 9.95. The maximum Gasteiger partial charge on any atom is 0.389 e. The molecular formula is C19H22F5N5O2. The molecule has 1 aromatic heterocycles. The van der Waals surface area contributed by atoms with Crippen molar-refractivity contribution in [3.05, 3.63) is 22.2 Å². The molecule has 1 saturated carbocycles. The molecule has 0 spiro atoms. The van der Waals surface area contributed by atoms with E-state index in [0.717, 1.165) is 10.6 Å². The lowest BCUT2D eigenvalue weighted by Crippen LogP contribution is -2.42. The Morgan fingerprint density at radius 1 is 1.23 bits per heavy atom. The van der Waals surface area contributed by atoms with Gasteiger partial charge in [-0.1, -0.05) is 0 Å². The zero-order valence-electron chi connectivity index (χ0n) is 16.6. The molecule has 2 fully saturated rings. The number of aromatic nitrogens is 2. The van der Waals surface area contributed by atoms with E-state index in [1.165, 1.54) is 4.90 Å². The second-order valence-corrected chi connectivity index (χ2v) is 8.01. The van der Waals surface area contributed by atoms with Gasteiger partial charge in [-0.05, 0) is 19.3 Å².